The number of rotatable bonds is 7. The zero-order valence-electron chi connectivity index (χ0n) is 15.3. The van der Waals surface area contributed by atoms with Crippen LogP contribution < -0.4 is 5.32 Å². The van der Waals surface area contributed by atoms with Crippen molar-refractivity contribution in [2.24, 2.45) is 5.92 Å². The first-order valence-electron chi connectivity index (χ1n) is 8.30. The van der Waals surface area contributed by atoms with E-state index in [-0.39, 0.29) is 24.2 Å². The number of anilines is 1. The predicted molar refractivity (Wildman–Crippen MR) is 101 cm³/mol. The summed E-state index contributed by atoms with van der Waals surface area (Å²) in [6.45, 7) is 7.14. The number of amides is 1. The standard InChI is InChI=1S/C19H22N2O4S/c1-11(2)9-17(23)21-15-7-5-14(6-8-15)16(22)10-25-19(24)18-12(3)20-13(4)26-18/h5-8,11H,9-10H2,1-4H3,(H,21,23). The molecule has 1 aromatic carbocycles. The number of hydrogen-bond donors (Lipinski definition) is 1. The van der Waals surface area contributed by atoms with Crippen molar-refractivity contribution in [1.29, 1.82) is 0 Å². The van der Waals surface area contributed by atoms with E-state index in [0.29, 0.717) is 28.2 Å². The van der Waals surface area contributed by atoms with Crippen LogP contribution in [0.3, 0.4) is 0 Å². The number of nitrogens with zero attached hydrogens (tertiary/aromatic N) is 1. The fourth-order valence-electron chi connectivity index (χ4n) is 2.32. The van der Waals surface area contributed by atoms with Gasteiger partial charge in [0.15, 0.2) is 12.4 Å². The van der Waals surface area contributed by atoms with Crippen molar-refractivity contribution in [2.75, 3.05) is 11.9 Å². The minimum absolute atomic E-state index is 0.0665. The van der Waals surface area contributed by atoms with Crippen LogP contribution in [-0.4, -0.2) is 29.3 Å². The molecule has 138 valence electrons. The number of nitrogens with one attached hydrogen (secondary N) is 1. The molecule has 0 radical (unpaired) electrons. The van der Waals surface area contributed by atoms with Gasteiger partial charge in [0.05, 0.1) is 10.7 Å². The lowest BCUT2D eigenvalue weighted by Crippen LogP contribution is -2.15. The van der Waals surface area contributed by atoms with E-state index >= 15 is 0 Å². The molecule has 1 aromatic heterocycles. The molecule has 1 amide bonds. The molecule has 0 aliphatic rings. The van der Waals surface area contributed by atoms with Crippen LogP contribution in [0.5, 0.6) is 0 Å². The molecule has 2 aromatic rings. The summed E-state index contributed by atoms with van der Waals surface area (Å²) in [7, 11) is 0. The fourth-order valence-corrected chi connectivity index (χ4v) is 3.14. The van der Waals surface area contributed by atoms with Gasteiger partial charge in [0.2, 0.25) is 5.91 Å². The topological polar surface area (TPSA) is 85.4 Å². The summed E-state index contributed by atoms with van der Waals surface area (Å²) >= 11 is 1.24. The van der Waals surface area contributed by atoms with E-state index in [9.17, 15) is 14.4 Å². The number of aromatic nitrogens is 1. The van der Waals surface area contributed by atoms with Gasteiger partial charge in [0.1, 0.15) is 4.88 Å². The van der Waals surface area contributed by atoms with E-state index in [4.69, 9.17) is 4.74 Å². The number of benzene rings is 1. The Morgan fingerprint density at radius 1 is 1.15 bits per heavy atom. The molecule has 0 saturated carbocycles. The third kappa shape index (κ3) is 5.49. The molecule has 0 fully saturated rings. The number of aryl methyl sites for hydroxylation is 2. The Bertz CT molecular complexity index is 809. The largest absolute Gasteiger partial charge is 0.453 e. The average Bonchev–Trinajstić information content (AvgIpc) is 2.90. The van der Waals surface area contributed by atoms with E-state index in [2.05, 4.69) is 10.3 Å². The van der Waals surface area contributed by atoms with Crippen molar-refractivity contribution in [3.05, 3.63) is 45.4 Å². The number of ketones is 1. The van der Waals surface area contributed by atoms with Gasteiger partial charge in [-0.2, -0.15) is 0 Å². The lowest BCUT2D eigenvalue weighted by molar-refractivity contribution is -0.116. The molecular weight excluding hydrogens is 352 g/mol. The Kier molecular flexibility index (Phi) is 6.63. The Labute approximate surface area is 156 Å². The van der Waals surface area contributed by atoms with Gasteiger partial charge in [-0.3, -0.25) is 9.59 Å². The quantitative estimate of drug-likeness (QED) is 0.589. The maximum absolute atomic E-state index is 12.2. The van der Waals surface area contributed by atoms with E-state index in [1.165, 1.54) is 11.3 Å². The van der Waals surface area contributed by atoms with Crippen molar-refractivity contribution in [3.63, 3.8) is 0 Å². The summed E-state index contributed by atoms with van der Waals surface area (Å²) in [6, 6.07) is 6.51. The molecule has 7 heteroatoms. The summed E-state index contributed by atoms with van der Waals surface area (Å²) in [5.74, 6) is -0.643. The highest BCUT2D eigenvalue weighted by Crippen LogP contribution is 2.18. The maximum Gasteiger partial charge on any atom is 0.350 e. The molecule has 6 nitrogen and oxygen atoms in total. The zero-order valence-corrected chi connectivity index (χ0v) is 16.1. The summed E-state index contributed by atoms with van der Waals surface area (Å²) in [4.78, 5) is 40.5. The van der Waals surface area contributed by atoms with Crippen molar-refractivity contribution >= 4 is 34.7 Å². The second-order valence-electron chi connectivity index (χ2n) is 6.37. The summed E-state index contributed by atoms with van der Waals surface area (Å²) in [5.41, 5.74) is 1.64. The highest BCUT2D eigenvalue weighted by Gasteiger charge is 2.17. The molecule has 0 spiro atoms. The number of carbonyl (C=O) groups is 3. The average molecular weight is 374 g/mol. The van der Waals surface area contributed by atoms with Gasteiger partial charge >= 0.3 is 5.97 Å². The van der Waals surface area contributed by atoms with Crippen LogP contribution >= 0.6 is 11.3 Å². The molecule has 0 aliphatic heterocycles. The first-order chi connectivity index (χ1) is 12.3. The molecule has 0 bridgehead atoms. The van der Waals surface area contributed by atoms with E-state index in [1.807, 2.05) is 13.8 Å². The zero-order chi connectivity index (χ0) is 19.3. The second kappa shape index (κ2) is 8.71. The number of hydrogen-bond acceptors (Lipinski definition) is 6. The molecule has 26 heavy (non-hydrogen) atoms. The second-order valence-corrected chi connectivity index (χ2v) is 7.57. The lowest BCUT2D eigenvalue weighted by atomic mass is 10.1. The van der Waals surface area contributed by atoms with Crippen LogP contribution in [0.25, 0.3) is 0 Å². The summed E-state index contributed by atoms with van der Waals surface area (Å²) in [6.07, 6.45) is 0.438. The molecular formula is C19H22N2O4S. The normalized spacial score (nSPS) is 10.7. The van der Waals surface area contributed by atoms with Crippen molar-refractivity contribution < 1.29 is 19.1 Å². The number of thiazole rings is 1. The Morgan fingerprint density at radius 2 is 1.81 bits per heavy atom. The van der Waals surface area contributed by atoms with Gasteiger partial charge in [-0.15, -0.1) is 11.3 Å². The summed E-state index contributed by atoms with van der Waals surface area (Å²) < 4.78 is 5.09. The van der Waals surface area contributed by atoms with Gasteiger partial charge in [-0.25, -0.2) is 9.78 Å². The van der Waals surface area contributed by atoms with Gasteiger partial charge in [0.25, 0.3) is 0 Å². The van der Waals surface area contributed by atoms with Crippen molar-refractivity contribution in [3.8, 4) is 0 Å². The minimum atomic E-state index is -0.543. The minimum Gasteiger partial charge on any atom is -0.453 e. The molecule has 0 saturated heterocycles. The predicted octanol–water partition coefficient (Wildman–Crippen LogP) is 3.78. The third-order valence-corrected chi connectivity index (χ3v) is 4.56. The van der Waals surface area contributed by atoms with Crippen LogP contribution in [0.4, 0.5) is 5.69 Å². The number of ether oxygens (including phenoxy) is 1. The third-order valence-electron chi connectivity index (χ3n) is 3.51. The molecule has 0 aliphatic carbocycles. The molecule has 1 heterocycles. The van der Waals surface area contributed by atoms with E-state index < -0.39 is 5.97 Å². The molecule has 0 atom stereocenters. The monoisotopic (exact) mass is 374 g/mol. The SMILES string of the molecule is Cc1nc(C)c(C(=O)OCC(=O)c2ccc(NC(=O)CC(C)C)cc2)s1. The van der Waals surface area contributed by atoms with Gasteiger partial charge < -0.3 is 10.1 Å². The Hall–Kier alpha value is -2.54. The van der Waals surface area contributed by atoms with E-state index in [1.54, 1.807) is 38.1 Å². The van der Waals surface area contributed by atoms with Crippen LogP contribution in [0.2, 0.25) is 0 Å². The van der Waals surface area contributed by atoms with Crippen LogP contribution in [-0.2, 0) is 9.53 Å². The van der Waals surface area contributed by atoms with Gasteiger partial charge in [0, 0.05) is 17.7 Å². The van der Waals surface area contributed by atoms with Gasteiger partial charge in [-0.1, -0.05) is 13.8 Å². The molecule has 1 N–H and O–H groups in total. The number of esters is 1. The molecule has 2 rings (SSSR count). The van der Waals surface area contributed by atoms with Crippen molar-refractivity contribution in [2.45, 2.75) is 34.1 Å². The Balaban J connectivity index is 1.90. The highest BCUT2D eigenvalue weighted by atomic mass is 32.1. The summed E-state index contributed by atoms with van der Waals surface area (Å²) in [5, 5.41) is 3.55. The van der Waals surface area contributed by atoms with Crippen LogP contribution in [0, 0.1) is 19.8 Å². The van der Waals surface area contributed by atoms with E-state index in [0.717, 1.165) is 5.01 Å². The number of Topliss-reactive ketones (excluding diaryl/α,β-unsaturated/α-hetero) is 1. The van der Waals surface area contributed by atoms with Crippen LogP contribution in [0.1, 0.15) is 51.0 Å². The molecule has 0 unspecified atom stereocenters. The highest BCUT2D eigenvalue weighted by molar-refractivity contribution is 7.13. The van der Waals surface area contributed by atoms with Crippen molar-refractivity contribution in [1.82, 2.24) is 4.98 Å². The smallest absolute Gasteiger partial charge is 0.350 e. The fraction of sp³-hybridized carbons (Fsp3) is 0.368. The Morgan fingerprint density at radius 3 is 2.35 bits per heavy atom. The maximum atomic E-state index is 12.2. The van der Waals surface area contributed by atoms with Crippen LogP contribution in [0.15, 0.2) is 24.3 Å². The first-order valence-corrected chi connectivity index (χ1v) is 9.12. The number of carbonyl (C=O) groups excluding carboxylic acids is 3. The van der Waals surface area contributed by atoms with Gasteiger partial charge in [-0.05, 0) is 44.0 Å². The first kappa shape index (κ1) is 19.8. The lowest BCUT2D eigenvalue weighted by Gasteiger charge is -2.08.